The first-order chi connectivity index (χ1) is 9.17. The Kier molecular flexibility index (Phi) is 5.80. The summed E-state index contributed by atoms with van der Waals surface area (Å²) in [4.78, 5) is 15.7. The Hall–Kier alpha value is -1.30. The first-order valence-electron chi connectivity index (χ1n) is 6.42. The summed E-state index contributed by atoms with van der Waals surface area (Å²) in [6.45, 7) is 9.61. The van der Waals surface area contributed by atoms with E-state index in [1.165, 1.54) is 0 Å². The second-order valence-electron chi connectivity index (χ2n) is 5.64. The van der Waals surface area contributed by atoms with Crippen LogP contribution in [0, 0.1) is 6.92 Å². The smallest absolute Gasteiger partial charge is 0.407 e. The lowest BCUT2D eigenvalue weighted by Gasteiger charge is -2.22. The minimum Gasteiger partial charge on any atom is -0.490 e. The van der Waals surface area contributed by atoms with E-state index in [0.717, 1.165) is 10.2 Å². The van der Waals surface area contributed by atoms with Crippen molar-refractivity contribution in [3.05, 3.63) is 22.4 Å². The van der Waals surface area contributed by atoms with Gasteiger partial charge in [-0.2, -0.15) is 0 Å². The number of nitrogens with one attached hydrogen (secondary N) is 1. The average molecular weight is 345 g/mol. The molecule has 1 rings (SSSR count). The molecule has 0 radical (unpaired) electrons. The first-order valence-corrected chi connectivity index (χ1v) is 7.21. The quantitative estimate of drug-likeness (QED) is 0.849. The number of carbonyl (C=O) groups is 1. The number of rotatable bonds is 4. The van der Waals surface area contributed by atoms with Gasteiger partial charge >= 0.3 is 6.09 Å². The summed E-state index contributed by atoms with van der Waals surface area (Å²) in [5.74, 6) is 0.670. The number of ether oxygens (including phenoxy) is 2. The summed E-state index contributed by atoms with van der Waals surface area (Å²) in [5, 5.41) is 2.72. The fourth-order valence-electron chi connectivity index (χ4n) is 1.38. The van der Waals surface area contributed by atoms with Gasteiger partial charge in [-0.25, -0.2) is 9.78 Å². The Bertz CT molecular complexity index is 472. The second kappa shape index (κ2) is 6.92. The number of aromatic nitrogens is 1. The second-order valence-corrected chi connectivity index (χ2v) is 6.39. The van der Waals surface area contributed by atoms with E-state index in [1.807, 2.05) is 40.7 Å². The standard InChI is InChI=1S/C14H21BrN2O3/c1-9-6-11(7-16-12(9)15)19-8-10(2)17-13(18)20-14(3,4)5/h6-7,10H,8H2,1-5H3,(H,17,18)/t10-/m0/s1. The molecule has 0 unspecified atom stereocenters. The maximum atomic E-state index is 11.6. The van der Waals surface area contributed by atoms with Crippen LogP contribution in [0.2, 0.25) is 0 Å². The lowest BCUT2D eigenvalue weighted by atomic mass is 10.2. The number of hydrogen-bond donors (Lipinski definition) is 1. The highest BCUT2D eigenvalue weighted by atomic mass is 79.9. The van der Waals surface area contributed by atoms with E-state index in [1.54, 1.807) is 6.20 Å². The Morgan fingerprint density at radius 3 is 2.70 bits per heavy atom. The number of aryl methyl sites for hydroxylation is 1. The van der Waals surface area contributed by atoms with Crippen molar-refractivity contribution in [2.24, 2.45) is 0 Å². The highest BCUT2D eigenvalue weighted by Gasteiger charge is 2.17. The Morgan fingerprint density at radius 2 is 2.15 bits per heavy atom. The van der Waals surface area contributed by atoms with Crippen molar-refractivity contribution in [3.8, 4) is 5.75 Å². The van der Waals surface area contributed by atoms with Crippen molar-refractivity contribution in [1.82, 2.24) is 10.3 Å². The van der Waals surface area contributed by atoms with Gasteiger partial charge in [-0.05, 0) is 62.2 Å². The molecule has 1 amide bonds. The molecule has 0 aliphatic rings. The van der Waals surface area contributed by atoms with Crippen LogP contribution in [0.5, 0.6) is 5.75 Å². The number of alkyl carbamates (subject to hydrolysis) is 1. The van der Waals surface area contributed by atoms with Gasteiger partial charge in [0.2, 0.25) is 0 Å². The largest absolute Gasteiger partial charge is 0.490 e. The van der Waals surface area contributed by atoms with Gasteiger partial charge in [-0.3, -0.25) is 0 Å². The zero-order chi connectivity index (χ0) is 15.3. The molecule has 1 N–H and O–H groups in total. The van der Waals surface area contributed by atoms with Crippen molar-refractivity contribution >= 4 is 22.0 Å². The molecule has 0 bridgehead atoms. The molecule has 0 spiro atoms. The van der Waals surface area contributed by atoms with Gasteiger partial charge in [-0.15, -0.1) is 0 Å². The zero-order valence-electron chi connectivity index (χ0n) is 12.5. The van der Waals surface area contributed by atoms with Crippen LogP contribution in [-0.2, 0) is 4.74 Å². The molecule has 0 aliphatic carbocycles. The summed E-state index contributed by atoms with van der Waals surface area (Å²) >= 11 is 3.33. The molecule has 1 aromatic rings. The van der Waals surface area contributed by atoms with Gasteiger partial charge in [0.25, 0.3) is 0 Å². The lowest BCUT2D eigenvalue weighted by molar-refractivity contribution is 0.0494. The molecule has 20 heavy (non-hydrogen) atoms. The van der Waals surface area contributed by atoms with E-state index >= 15 is 0 Å². The Balaban J connectivity index is 2.41. The molecule has 1 atom stereocenters. The summed E-state index contributed by atoms with van der Waals surface area (Å²) < 4.78 is 11.5. The topological polar surface area (TPSA) is 60.5 Å². The third-order valence-electron chi connectivity index (χ3n) is 2.25. The fourth-order valence-corrected chi connectivity index (χ4v) is 1.60. The molecule has 6 heteroatoms. The van der Waals surface area contributed by atoms with Crippen molar-refractivity contribution in [1.29, 1.82) is 0 Å². The van der Waals surface area contributed by atoms with E-state index < -0.39 is 11.7 Å². The van der Waals surface area contributed by atoms with Crippen LogP contribution in [0.25, 0.3) is 0 Å². The normalized spacial score (nSPS) is 12.7. The molecule has 0 fully saturated rings. The zero-order valence-corrected chi connectivity index (χ0v) is 14.1. The molecule has 0 aromatic carbocycles. The van der Waals surface area contributed by atoms with Crippen molar-refractivity contribution < 1.29 is 14.3 Å². The Labute approximate surface area is 128 Å². The van der Waals surface area contributed by atoms with E-state index in [4.69, 9.17) is 9.47 Å². The van der Waals surface area contributed by atoms with Crippen LogP contribution in [0.4, 0.5) is 4.79 Å². The number of carbonyl (C=O) groups excluding carboxylic acids is 1. The molecule has 0 saturated heterocycles. The van der Waals surface area contributed by atoms with Crippen LogP contribution in [0.1, 0.15) is 33.3 Å². The highest BCUT2D eigenvalue weighted by Crippen LogP contribution is 2.18. The predicted octanol–water partition coefficient (Wildman–Crippen LogP) is 3.44. The average Bonchev–Trinajstić information content (AvgIpc) is 2.28. The van der Waals surface area contributed by atoms with Crippen LogP contribution in [-0.4, -0.2) is 29.3 Å². The summed E-state index contributed by atoms with van der Waals surface area (Å²) in [7, 11) is 0. The Morgan fingerprint density at radius 1 is 1.50 bits per heavy atom. The number of halogens is 1. The van der Waals surface area contributed by atoms with Crippen LogP contribution in [0.15, 0.2) is 16.9 Å². The van der Waals surface area contributed by atoms with Crippen molar-refractivity contribution in [2.45, 2.75) is 46.3 Å². The maximum absolute atomic E-state index is 11.6. The predicted molar refractivity (Wildman–Crippen MR) is 81.0 cm³/mol. The molecule has 1 heterocycles. The van der Waals surface area contributed by atoms with Crippen molar-refractivity contribution in [3.63, 3.8) is 0 Å². The number of amides is 1. The third kappa shape index (κ3) is 6.23. The molecule has 112 valence electrons. The molecule has 0 saturated carbocycles. The summed E-state index contributed by atoms with van der Waals surface area (Å²) in [5.41, 5.74) is 0.493. The van der Waals surface area contributed by atoms with Crippen molar-refractivity contribution in [2.75, 3.05) is 6.61 Å². The van der Waals surface area contributed by atoms with E-state index in [-0.39, 0.29) is 6.04 Å². The van der Waals surface area contributed by atoms with Crippen LogP contribution in [0.3, 0.4) is 0 Å². The first kappa shape index (κ1) is 16.8. The van der Waals surface area contributed by atoms with E-state index in [2.05, 4.69) is 26.2 Å². The molecule has 5 nitrogen and oxygen atoms in total. The van der Waals surface area contributed by atoms with Gasteiger partial charge < -0.3 is 14.8 Å². The van der Waals surface area contributed by atoms with Gasteiger partial charge in [0.15, 0.2) is 0 Å². The molecule has 1 aromatic heterocycles. The number of nitrogens with zero attached hydrogens (tertiary/aromatic N) is 1. The molecule has 0 aliphatic heterocycles. The van der Waals surface area contributed by atoms with Crippen LogP contribution < -0.4 is 10.1 Å². The van der Waals surface area contributed by atoms with E-state index in [0.29, 0.717) is 12.4 Å². The van der Waals surface area contributed by atoms with Crippen LogP contribution >= 0.6 is 15.9 Å². The minimum absolute atomic E-state index is 0.159. The summed E-state index contributed by atoms with van der Waals surface area (Å²) in [6.07, 6.45) is 1.19. The molecular weight excluding hydrogens is 324 g/mol. The monoisotopic (exact) mass is 344 g/mol. The maximum Gasteiger partial charge on any atom is 0.407 e. The van der Waals surface area contributed by atoms with E-state index in [9.17, 15) is 4.79 Å². The minimum atomic E-state index is -0.503. The van der Waals surface area contributed by atoms with Gasteiger partial charge in [0.1, 0.15) is 22.6 Å². The SMILES string of the molecule is Cc1cc(OC[C@H](C)NC(=O)OC(C)(C)C)cnc1Br. The highest BCUT2D eigenvalue weighted by molar-refractivity contribution is 9.10. The number of pyridine rings is 1. The third-order valence-corrected chi connectivity index (χ3v) is 3.08. The van der Waals surface area contributed by atoms with Gasteiger partial charge in [0.05, 0.1) is 12.2 Å². The lowest BCUT2D eigenvalue weighted by Crippen LogP contribution is -2.40. The number of hydrogen-bond acceptors (Lipinski definition) is 4. The van der Waals surface area contributed by atoms with Gasteiger partial charge in [-0.1, -0.05) is 0 Å². The van der Waals surface area contributed by atoms with Gasteiger partial charge in [0, 0.05) is 0 Å². The summed E-state index contributed by atoms with van der Waals surface area (Å²) in [6, 6.07) is 1.73. The molecular formula is C14H21BrN2O3. The fraction of sp³-hybridized carbons (Fsp3) is 0.571.